The van der Waals surface area contributed by atoms with E-state index in [4.69, 9.17) is 21.4 Å². The number of carbonyl (C=O) groups is 1. The Morgan fingerprint density at radius 3 is 2.70 bits per heavy atom. The highest BCUT2D eigenvalue weighted by atomic mass is 35.5. The van der Waals surface area contributed by atoms with Gasteiger partial charge in [-0.25, -0.2) is 0 Å². The molecular formula is C15H20ClNO3. The number of anilines is 1. The van der Waals surface area contributed by atoms with Crippen molar-refractivity contribution in [1.29, 1.82) is 0 Å². The third kappa shape index (κ3) is 3.79. The Balaban J connectivity index is 1.99. The van der Waals surface area contributed by atoms with Crippen LogP contribution in [0.1, 0.15) is 32.6 Å². The van der Waals surface area contributed by atoms with Crippen LogP contribution < -0.4 is 10.1 Å². The van der Waals surface area contributed by atoms with Gasteiger partial charge in [0.25, 0.3) is 0 Å². The van der Waals surface area contributed by atoms with Gasteiger partial charge in [-0.2, -0.15) is 0 Å². The molecular weight excluding hydrogens is 278 g/mol. The van der Waals surface area contributed by atoms with Gasteiger partial charge < -0.3 is 15.2 Å². The minimum Gasteiger partial charge on any atom is -0.492 e. The molecule has 1 fully saturated rings. The van der Waals surface area contributed by atoms with E-state index >= 15 is 0 Å². The minimum atomic E-state index is -0.676. The third-order valence-corrected chi connectivity index (χ3v) is 3.91. The maximum atomic E-state index is 10.9. The van der Waals surface area contributed by atoms with Gasteiger partial charge in [0.05, 0.1) is 18.2 Å². The molecule has 0 atom stereocenters. The summed E-state index contributed by atoms with van der Waals surface area (Å²) in [4.78, 5) is 10.9. The second kappa shape index (κ2) is 6.84. The zero-order chi connectivity index (χ0) is 14.5. The zero-order valence-electron chi connectivity index (χ0n) is 11.6. The van der Waals surface area contributed by atoms with Crippen LogP contribution in [0.2, 0.25) is 5.02 Å². The van der Waals surface area contributed by atoms with Gasteiger partial charge in [-0.05, 0) is 44.7 Å². The lowest BCUT2D eigenvalue weighted by Gasteiger charge is -2.28. The van der Waals surface area contributed by atoms with Crippen LogP contribution in [0.15, 0.2) is 18.2 Å². The van der Waals surface area contributed by atoms with Crippen molar-refractivity contribution in [2.24, 2.45) is 5.92 Å². The molecule has 0 saturated heterocycles. The maximum absolute atomic E-state index is 10.9. The average molecular weight is 298 g/mol. The predicted molar refractivity (Wildman–Crippen MR) is 79.6 cm³/mol. The van der Waals surface area contributed by atoms with Gasteiger partial charge in [-0.3, -0.25) is 4.79 Å². The lowest BCUT2D eigenvalue weighted by molar-refractivity contribution is -0.142. The fourth-order valence-electron chi connectivity index (χ4n) is 2.59. The number of rotatable bonds is 5. The number of carboxylic acid groups (broad SMARTS) is 1. The number of carboxylic acids is 1. The van der Waals surface area contributed by atoms with Crippen molar-refractivity contribution in [2.45, 2.75) is 38.6 Å². The molecule has 2 N–H and O–H groups in total. The molecule has 0 aliphatic heterocycles. The van der Waals surface area contributed by atoms with Crippen LogP contribution in [0.5, 0.6) is 5.75 Å². The van der Waals surface area contributed by atoms with Crippen molar-refractivity contribution in [3.05, 3.63) is 23.2 Å². The van der Waals surface area contributed by atoms with Gasteiger partial charge in [-0.1, -0.05) is 11.6 Å². The Morgan fingerprint density at radius 2 is 2.10 bits per heavy atom. The van der Waals surface area contributed by atoms with Gasteiger partial charge >= 0.3 is 5.97 Å². The molecule has 4 nitrogen and oxygen atoms in total. The van der Waals surface area contributed by atoms with Gasteiger partial charge in [0.1, 0.15) is 5.75 Å². The Kier molecular flexibility index (Phi) is 5.12. The molecule has 0 radical (unpaired) electrons. The number of hydrogen-bond acceptors (Lipinski definition) is 3. The second-order valence-electron chi connectivity index (χ2n) is 5.10. The summed E-state index contributed by atoms with van der Waals surface area (Å²) in [5.74, 6) is -0.116. The SMILES string of the molecule is CCOc1cc(Cl)ccc1NC1CCC(C(=O)O)CC1. The lowest BCUT2D eigenvalue weighted by Crippen LogP contribution is -2.29. The fraction of sp³-hybridized carbons (Fsp3) is 0.533. The summed E-state index contributed by atoms with van der Waals surface area (Å²) in [5, 5.41) is 13.1. The van der Waals surface area contributed by atoms with E-state index in [1.165, 1.54) is 0 Å². The number of nitrogens with one attached hydrogen (secondary N) is 1. The molecule has 1 aliphatic rings. The highest BCUT2D eigenvalue weighted by molar-refractivity contribution is 6.30. The normalized spacial score (nSPS) is 22.3. The molecule has 0 aromatic heterocycles. The number of aliphatic carboxylic acids is 1. The molecule has 0 spiro atoms. The second-order valence-corrected chi connectivity index (χ2v) is 5.54. The summed E-state index contributed by atoms with van der Waals surface area (Å²) in [6.07, 6.45) is 3.19. The van der Waals surface area contributed by atoms with Crippen LogP contribution in [-0.2, 0) is 4.79 Å². The molecule has 20 heavy (non-hydrogen) atoms. The molecule has 1 aromatic rings. The first-order chi connectivity index (χ1) is 9.60. The van der Waals surface area contributed by atoms with Crippen LogP contribution in [0.3, 0.4) is 0 Å². The van der Waals surface area contributed by atoms with E-state index in [-0.39, 0.29) is 5.92 Å². The van der Waals surface area contributed by atoms with E-state index in [0.717, 1.165) is 37.1 Å². The Bertz CT molecular complexity index is 470. The van der Waals surface area contributed by atoms with Crippen LogP contribution in [-0.4, -0.2) is 23.7 Å². The first kappa shape index (κ1) is 15.0. The maximum Gasteiger partial charge on any atom is 0.306 e. The summed E-state index contributed by atoms with van der Waals surface area (Å²) >= 11 is 5.98. The third-order valence-electron chi connectivity index (χ3n) is 3.68. The molecule has 110 valence electrons. The monoisotopic (exact) mass is 297 g/mol. The topological polar surface area (TPSA) is 58.6 Å². The van der Waals surface area contributed by atoms with Crippen LogP contribution in [0.4, 0.5) is 5.69 Å². The number of halogens is 1. The van der Waals surface area contributed by atoms with E-state index in [2.05, 4.69) is 5.32 Å². The summed E-state index contributed by atoms with van der Waals surface area (Å²) in [6, 6.07) is 5.84. The van der Waals surface area contributed by atoms with Gasteiger partial charge in [0, 0.05) is 17.1 Å². The summed E-state index contributed by atoms with van der Waals surface area (Å²) in [6.45, 7) is 2.52. The fourth-order valence-corrected chi connectivity index (χ4v) is 2.76. The lowest BCUT2D eigenvalue weighted by atomic mass is 9.86. The zero-order valence-corrected chi connectivity index (χ0v) is 12.3. The molecule has 1 aliphatic carbocycles. The first-order valence-electron chi connectivity index (χ1n) is 7.01. The molecule has 0 amide bonds. The number of hydrogen-bond donors (Lipinski definition) is 2. The van der Waals surface area contributed by atoms with Crippen molar-refractivity contribution < 1.29 is 14.6 Å². The van der Waals surface area contributed by atoms with E-state index in [0.29, 0.717) is 17.7 Å². The van der Waals surface area contributed by atoms with Gasteiger partial charge in [-0.15, -0.1) is 0 Å². The molecule has 1 saturated carbocycles. The Morgan fingerprint density at radius 1 is 1.40 bits per heavy atom. The summed E-state index contributed by atoms with van der Waals surface area (Å²) < 4.78 is 5.58. The minimum absolute atomic E-state index is 0.190. The summed E-state index contributed by atoms with van der Waals surface area (Å²) in [7, 11) is 0. The van der Waals surface area contributed by atoms with E-state index in [1.807, 2.05) is 19.1 Å². The van der Waals surface area contributed by atoms with Gasteiger partial charge in [0.2, 0.25) is 0 Å². The van der Waals surface area contributed by atoms with Crippen LogP contribution in [0.25, 0.3) is 0 Å². The largest absolute Gasteiger partial charge is 0.492 e. The van der Waals surface area contributed by atoms with Crippen molar-refractivity contribution >= 4 is 23.3 Å². The van der Waals surface area contributed by atoms with Crippen molar-refractivity contribution in [3.63, 3.8) is 0 Å². The van der Waals surface area contributed by atoms with Crippen LogP contribution >= 0.6 is 11.6 Å². The number of benzene rings is 1. The molecule has 0 unspecified atom stereocenters. The molecule has 0 bridgehead atoms. The van der Waals surface area contributed by atoms with E-state index in [9.17, 15) is 4.79 Å². The average Bonchev–Trinajstić information content (AvgIpc) is 2.43. The van der Waals surface area contributed by atoms with Crippen molar-refractivity contribution in [1.82, 2.24) is 0 Å². The molecule has 0 heterocycles. The highest BCUT2D eigenvalue weighted by Gasteiger charge is 2.26. The van der Waals surface area contributed by atoms with Crippen molar-refractivity contribution in [3.8, 4) is 5.75 Å². The van der Waals surface area contributed by atoms with E-state index < -0.39 is 5.97 Å². The smallest absolute Gasteiger partial charge is 0.306 e. The molecule has 5 heteroatoms. The molecule has 1 aromatic carbocycles. The van der Waals surface area contributed by atoms with Crippen molar-refractivity contribution in [2.75, 3.05) is 11.9 Å². The number of ether oxygens (including phenoxy) is 1. The summed E-state index contributed by atoms with van der Waals surface area (Å²) in [5.41, 5.74) is 0.926. The van der Waals surface area contributed by atoms with Gasteiger partial charge in [0.15, 0.2) is 0 Å². The predicted octanol–water partition coefficient (Wildman–Crippen LogP) is 3.79. The Hall–Kier alpha value is -1.42. The standard InChI is InChI=1S/C15H20ClNO3/c1-2-20-14-9-11(16)5-8-13(14)17-12-6-3-10(4-7-12)15(18)19/h5,8-10,12,17H,2-4,6-7H2,1H3,(H,18,19). The van der Waals surface area contributed by atoms with E-state index in [1.54, 1.807) is 6.07 Å². The van der Waals surface area contributed by atoms with Crippen LogP contribution in [0, 0.1) is 5.92 Å². The first-order valence-corrected chi connectivity index (χ1v) is 7.39. The highest BCUT2D eigenvalue weighted by Crippen LogP contribution is 2.32. The Labute approximate surface area is 124 Å². The molecule has 2 rings (SSSR count). The quantitative estimate of drug-likeness (QED) is 0.868.